The van der Waals surface area contributed by atoms with E-state index in [2.05, 4.69) is 88.2 Å². The van der Waals surface area contributed by atoms with Crippen LogP contribution in [0.4, 0.5) is 10.6 Å². The molecular weight excluding hydrogens is 826 g/mol. The van der Waals surface area contributed by atoms with E-state index in [0.29, 0.717) is 31.2 Å². The number of urea groups is 1. The number of halogens is 3. The van der Waals surface area contributed by atoms with Crippen LogP contribution in [0.2, 0.25) is 0 Å². The van der Waals surface area contributed by atoms with Crippen molar-refractivity contribution < 1.29 is 19.2 Å². The van der Waals surface area contributed by atoms with Crippen LogP contribution in [-0.2, 0) is 22.6 Å². The number of aromatic nitrogens is 2. The number of carbonyl (C=O) groups excluding carboxylic acids is 2. The molecular formula is C23H29I3N5O3V. The Morgan fingerprint density at radius 1 is 1.14 bits per heavy atom. The van der Waals surface area contributed by atoms with Crippen molar-refractivity contribution in [3.8, 4) is 5.88 Å². The summed E-state index contributed by atoms with van der Waals surface area (Å²) in [6.45, 7) is 4.22. The molecule has 3 amide bonds. The Morgan fingerprint density at radius 3 is 2.57 bits per heavy atom. The number of methoxy groups -OCH3 is 1. The second kappa shape index (κ2) is 14.5. The maximum atomic E-state index is 13.0. The van der Waals surface area contributed by atoms with E-state index in [-0.39, 0.29) is 22.9 Å². The number of anilines is 1. The fourth-order valence-corrected chi connectivity index (χ4v) is 4.31. The molecule has 190 valence electrons. The Balaban J connectivity index is 0.000000795. The first-order chi connectivity index (χ1) is 16.8. The van der Waals surface area contributed by atoms with Gasteiger partial charge in [0.2, 0.25) is 11.8 Å². The van der Waals surface area contributed by atoms with Crippen molar-refractivity contribution in [2.24, 2.45) is 0 Å². The van der Waals surface area contributed by atoms with Crippen molar-refractivity contribution >= 4 is 77.7 Å². The Morgan fingerprint density at radius 2 is 1.91 bits per heavy atom. The second-order valence-electron chi connectivity index (χ2n) is 8.17. The third-order valence-corrected chi connectivity index (χ3v) is 6.02. The van der Waals surface area contributed by atoms with Gasteiger partial charge in [0, 0.05) is 44.0 Å². The van der Waals surface area contributed by atoms with E-state index in [1.165, 1.54) is 0 Å². The zero-order valence-electron chi connectivity index (χ0n) is 19.7. The summed E-state index contributed by atoms with van der Waals surface area (Å²) in [4.78, 5) is 37.1. The van der Waals surface area contributed by atoms with Crippen LogP contribution in [0.15, 0.2) is 30.5 Å². The van der Waals surface area contributed by atoms with Gasteiger partial charge in [0.1, 0.15) is 5.82 Å². The third-order valence-electron chi connectivity index (χ3n) is 6.02. The molecule has 12 heteroatoms. The fourth-order valence-electron chi connectivity index (χ4n) is 4.31. The molecule has 1 saturated heterocycles. The van der Waals surface area contributed by atoms with E-state index in [4.69, 9.17) is 4.74 Å². The van der Waals surface area contributed by atoms with Crippen molar-refractivity contribution in [1.29, 1.82) is 0 Å². The van der Waals surface area contributed by atoms with E-state index in [1.807, 2.05) is 28.0 Å². The number of hydrogen-bond donors (Lipinski definition) is 1. The number of aryl methyl sites for hydroxylation is 2. The van der Waals surface area contributed by atoms with Crippen molar-refractivity contribution in [2.75, 3.05) is 32.1 Å². The van der Waals surface area contributed by atoms with Crippen molar-refractivity contribution in [3.63, 3.8) is 0 Å². The van der Waals surface area contributed by atoms with Crippen LogP contribution in [0.3, 0.4) is 0 Å². The number of rotatable bonds is 8. The average molecular weight is 855 g/mol. The molecule has 4 heterocycles. The standard InChI is InChI=1S/C23H29N5O3.3HI.V/c1-3-19(17-8-11-21(31-2)24-15-17)28-14-13-27(23(28)30)12-4-5-18-9-6-16-7-10-20(29)26-22(16)25-18;;;;/h6,8-9,11,15,19H,3-5,7,10,12-14H2,1-2H3,(H,25,26,29);3*1H;/q;;;;+3/p-3. The van der Waals surface area contributed by atoms with Gasteiger partial charge >= 0.3 is 70.9 Å². The van der Waals surface area contributed by atoms with Crippen LogP contribution in [0.25, 0.3) is 0 Å². The topological polar surface area (TPSA) is 87.7 Å². The fraction of sp³-hybridized carbons (Fsp3) is 0.478. The van der Waals surface area contributed by atoms with Gasteiger partial charge in [-0.1, -0.05) is 19.1 Å². The van der Waals surface area contributed by atoms with Gasteiger partial charge in [-0.25, -0.2) is 14.8 Å². The summed E-state index contributed by atoms with van der Waals surface area (Å²) in [6, 6.07) is 7.99. The summed E-state index contributed by atoms with van der Waals surface area (Å²) in [5, 5.41) is 2.85. The first-order valence-corrected chi connectivity index (χ1v) is 25.0. The molecule has 4 rings (SSSR count). The first-order valence-electron chi connectivity index (χ1n) is 11.4. The summed E-state index contributed by atoms with van der Waals surface area (Å²) in [6.07, 6.45) is 5.50. The van der Waals surface area contributed by atoms with Crippen molar-refractivity contribution in [3.05, 3.63) is 47.3 Å². The molecule has 1 N–H and O–H groups in total. The van der Waals surface area contributed by atoms with Gasteiger partial charge in [-0.05, 0) is 42.9 Å². The third kappa shape index (κ3) is 8.57. The molecule has 1 unspecified atom stereocenters. The van der Waals surface area contributed by atoms with Crippen LogP contribution in [0.5, 0.6) is 5.88 Å². The predicted octanol–water partition coefficient (Wildman–Crippen LogP) is 5.85. The van der Waals surface area contributed by atoms with Gasteiger partial charge in [-0.2, -0.15) is 0 Å². The molecule has 0 radical (unpaired) electrons. The average Bonchev–Trinajstić information content (AvgIpc) is 3.19. The van der Waals surface area contributed by atoms with E-state index >= 15 is 0 Å². The Bertz CT molecular complexity index is 1010. The second-order valence-corrected chi connectivity index (χ2v) is 43.5. The Labute approximate surface area is 244 Å². The molecule has 0 saturated carbocycles. The van der Waals surface area contributed by atoms with E-state index < -0.39 is 0 Å². The molecule has 0 bridgehead atoms. The summed E-state index contributed by atoms with van der Waals surface area (Å²) in [7, 11) is 1.59. The quantitative estimate of drug-likeness (QED) is 0.338. The molecule has 2 aromatic rings. The number of amides is 3. The SMILES string of the molecule is CCC(c1ccc(OC)nc1)N1CCN(CCCc2ccc3c(n2)NC(=O)CC3)C1=O.[I][V]([I])[I]. The number of pyridine rings is 2. The summed E-state index contributed by atoms with van der Waals surface area (Å²) < 4.78 is 5.14. The number of hydrogen-bond acceptors (Lipinski definition) is 5. The van der Waals surface area contributed by atoms with Gasteiger partial charge in [0.05, 0.1) is 13.2 Å². The molecule has 35 heavy (non-hydrogen) atoms. The number of carbonyl (C=O) groups is 2. The minimum absolute atomic E-state index is 0.0156. The molecule has 0 aromatic carbocycles. The minimum atomic E-state index is -0.278. The molecule has 1 fully saturated rings. The van der Waals surface area contributed by atoms with Crippen LogP contribution < -0.4 is 10.1 Å². The van der Waals surface area contributed by atoms with Crippen LogP contribution in [-0.4, -0.2) is 58.5 Å². The Hall–Kier alpha value is -0.386. The van der Waals surface area contributed by atoms with Crippen molar-refractivity contribution in [1.82, 2.24) is 19.8 Å². The van der Waals surface area contributed by atoms with Crippen molar-refractivity contribution in [2.45, 2.75) is 45.1 Å². The molecule has 0 spiro atoms. The van der Waals surface area contributed by atoms with E-state index in [9.17, 15) is 9.59 Å². The molecule has 2 aliphatic rings. The van der Waals surface area contributed by atoms with Gasteiger partial charge in [-0.3, -0.25) is 4.79 Å². The summed E-state index contributed by atoms with van der Waals surface area (Å²) >= 11 is 7.39. The van der Waals surface area contributed by atoms with Gasteiger partial charge in [0.15, 0.2) is 0 Å². The summed E-state index contributed by atoms with van der Waals surface area (Å²) in [5.41, 5.74) is 3.06. The molecule has 2 aromatic heterocycles. The maximum absolute atomic E-state index is 13.0. The normalized spacial score (nSPS) is 15.9. The number of ether oxygens (including phenoxy) is 1. The van der Waals surface area contributed by atoms with Crippen LogP contribution in [0.1, 0.15) is 49.0 Å². The van der Waals surface area contributed by atoms with E-state index in [0.717, 1.165) is 49.0 Å². The number of nitrogens with one attached hydrogen (secondary N) is 1. The van der Waals surface area contributed by atoms with Gasteiger partial charge in [0.25, 0.3) is 0 Å². The summed E-state index contributed by atoms with van der Waals surface area (Å²) in [5.74, 6) is 1.29. The van der Waals surface area contributed by atoms with Crippen LogP contribution >= 0.6 is 59.9 Å². The molecule has 1 atom stereocenters. The predicted molar refractivity (Wildman–Crippen MR) is 159 cm³/mol. The zero-order chi connectivity index (χ0) is 25.4. The Kier molecular flexibility index (Phi) is 12.1. The molecule has 8 nitrogen and oxygen atoms in total. The monoisotopic (exact) mass is 855 g/mol. The van der Waals surface area contributed by atoms with E-state index in [1.54, 1.807) is 13.3 Å². The number of nitrogens with zero attached hydrogens (tertiary/aromatic N) is 4. The zero-order valence-corrected chi connectivity index (χ0v) is 27.6. The number of fused-ring (bicyclic) bond motifs is 1. The van der Waals surface area contributed by atoms with Gasteiger partial charge < -0.3 is 19.9 Å². The molecule has 2 aliphatic heterocycles. The van der Waals surface area contributed by atoms with Crippen LogP contribution in [0, 0.1) is 0 Å². The molecule has 0 aliphatic carbocycles. The van der Waals surface area contributed by atoms with Gasteiger partial charge in [-0.15, -0.1) is 0 Å². The first kappa shape index (κ1) is 29.2.